The van der Waals surface area contributed by atoms with Crippen LogP contribution in [0.15, 0.2) is 17.5 Å². The maximum atomic E-state index is 6.10. The summed E-state index contributed by atoms with van der Waals surface area (Å²) < 4.78 is 0. The van der Waals surface area contributed by atoms with Crippen LogP contribution in [0.1, 0.15) is 44.0 Å². The Hall–Kier alpha value is -0.0500. The second-order valence-electron chi connectivity index (χ2n) is 3.54. The molecule has 1 atom stereocenters. The first kappa shape index (κ1) is 13.9. The molecule has 0 saturated heterocycles. The van der Waals surface area contributed by atoms with Gasteiger partial charge in [-0.25, -0.2) is 0 Å². The maximum Gasteiger partial charge on any atom is 0.0392 e. The van der Waals surface area contributed by atoms with E-state index < -0.39 is 0 Å². The van der Waals surface area contributed by atoms with E-state index in [4.69, 9.17) is 5.73 Å². The molecule has 0 aliphatic heterocycles. The zero-order valence-corrected chi connectivity index (χ0v) is 10.5. The van der Waals surface area contributed by atoms with Gasteiger partial charge in [0.1, 0.15) is 0 Å². The van der Waals surface area contributed by atoms with Crippen LogP contribution in [0.2, 0.25) is 0 Å². The summed E-state index contributed by atoms with van der Waals surface area (Å²) in [6, 6.07) is 4.47. The molecular formula is C11H20ClNS. The normalized spacial score (nSPS) is 12.6. The Morgan fingerprint density at radius 1 is 1.36 bits per heavy atom. The lowest BCUT2D eigenvalue weighted by molar-refractivity contribution is 0.417. The smallest absolute Gasteiger partial charge is 0.0392 e. The number of rotatable bonds is 5. The molecule has 1 aromatic heterocycles. The average molecular weight is 234 g/mol. The minimum absolute atomic E-state index is 0. The summed E-state index contributed by atoms with van der Waals surface area (Å²) in [7, 11) is 0. The van der Waals surface area contributed by atoms with E-state index in [0.29, 0.717) is 0 Å². The minimum atomic E-state index is 0. The summed E-state index contributed by atoms with van der Waals surface area (Å²) in [5.41, 5.74) is 6.10. The molecule has 3 heteroatoms. The SMILES string of the molecule is CCC(CC)CC(N)c1cccs1.Cl. The molecule has 1 heterocycles. The first-order chi connectivity index (χ1) is 6.27. The largest absolute Gasteiger partial charge is 0.323 e. The van der Waals surface area contributed by atoms with Gasteiger partial charge in [-0.1, -0.05) is 32.8 Å². The van der Waals surface area contributed by atoms with E-state index in [-0.39, 0.29) is 18.4 Å². The molecule has 1 unspecified atom stereocenters. The van der Waals surface area contributed by atoms with Gasteiger partial charge in [0.15, 0.2) is 0 Å². The van der Waals surface area contributed by atoms with Gasteiger partial charge in [-0.15, -0.1) is 23.7 Å². The highest BCUT2D eigenvalue weighted by Crippen LogP contribution is 2.25. The van der Waals surface area contributed by atoms with E-state index in [1.807, 2.05) is 0 Å². The van der Waals surface area contributed by atoms with E-state index in [1.165, 1.54) is 17.7 Å². The third kappa shape index (κ3) is 3.99. The fourth-order valence-electron chi connectivity index (χ4n) is 1.60. The molecule has 1 rings (SSSR count). The van der Waals surface area contributed by atoms with Crippen LogP contribution in [0.5, 0.6) is 0 Å². The quantitative estimate of drug-likeness (QED) is 0.818. The zero-order chi connectivity index (χ0) is 9.68. The molecule has 0 radical (unpaired) electrons. The highest BCUT2D eigenvalue weighted by atomic mass is 35.5. The van der Waals surface area contributed by atoms with Gasteiger partial charge in [0.2, 0.25) is 0 Å². The van der Waals surface area contributed by atoms with Crippen LogP contribution in [0.3, 0.4) is 0 Å². The van der Waals surface area contributed by atoms with Crippen molar-refractivity contribution in [2.24, 2.45) is 11.7 Å². The molecule has 1 aromatic rings. The van der Waals surface area contributed by atoms with Crippen LogP contribution in [-0.2, 0) is 0 Å². The molecule has 0 spiro atoms. The van der Waals surface area contributed by atoms with Crippen LogP contribution in [0.4, 0.5) is 0 Å². The van der Waals surface area contributed by atoms with Gasteiger partial charge in [-0.2, -0.15) is 0 Å². The van der Waals surface area contributed by atoms with Gasteiger partial charge in [-0.3, -0.25) is 0 Å². The van der Waals surface area contributed by atoms with Crippen molar-refractivity contribution in [3.8, 4) is 0 Å². The van der Waals surface area contributed by atoms with E-state index in [2.05, 4.69) is 31.4 Å². The summed E-state index contributed by atoms with van der Waals surface area (Å²) in [4.78, 5) is 1.33. The van der Waals surface area contributed by atoms with Gasteiger partial charge >= 0.3 is 0 Å². The summed E-state index contributed by atoms with van der Waals surface area (Å²) in [5.74, 6) is 0.789. The summed E-state index contributed by atoms with van der Waals surface area (Å²) in [6.07, 6.45) is 3.62. The third-order valence-corrected chi connectivity index (χ3v) is 3.65. The van der Waals surface area contributed by atoms with E-state index in [1.54, 1.807) is 11.3 Å². The minimum Gasteiger partial charge on any atom is -0.323 e. The summed E-state index contributed by atoms with van der Waals surface area (Å²) in [5, 5.41) is 2.10. The Morgan fingerprint density at radius 2 is 2.00 bits per heavy atom. The number of halogens is 1. The van der Waals surface area contributed by atoms with Crippen molar-refractivity contribution in [3.63, 3.8) is 0 Å². The highest BCUT2D eigenvalue weighted by molar-refractivity contribution is 7.10. The first-order valence-corrected chi connectivity index (χ1v) is 5.94. The van der Waals surface area contributed by atoms with Crippen LogP contribution < -0.4 is 5.73 Å². The molecule has 0 fully saturated rings. The second-order valence-corrected chi connectivity index (χ2v) is 4.52. The van der Waals surface area contributed by atoms with Gasteiger partial charge in [-0.05, 0) is 23.8 Å². The van der Waals surface area contributed by atoms with Crippen molar-refractivity contribution < 1.29 is 0 Å². The lowest BCUT2D eigenvalue weighted by Crippen LogP contribution is -2.13. The van der Waals surface area contributed by atoms with Crippen molar-refractivity contribution in [3.05, 3.63) is 22.4 Å². The Bertz CT molecular complexity index is 219. The van der Waals surface area contributed by atoms with Crippen molar-refractivity contribution in [2.45, 2.75) is 39.2 Å². The van der Waals surface area contributed by atoms with E-state index in [0.717, 1.165) is 12.3 Å². The van der Waals surface area contributed by atoms with E-state index in [9.17, 15) is 0 Å². The lowest BCUT2D eigenvalue weighted by atomic mass is 9.94. The molecule has 0 aliphatic rings. The van der Waals surface area contributed by atoms with Gasteiger partial charge in [0, 0.05) is 10.9 Å². The Labute approximate surface area is 97.1 Å². The zero-order valence-electron chi connectivity index (χ0n) is 8.90. The highest BCUT2D eigenvalue weighted by Gasteiger charge is 2.12. The molecule has 0 amide bonds. The predicted octanol–water partition coefficient (Wildman–Crippen LogP) is 4.00. The number of hydrogen-bond acceptors (Lipinski definition) is 2. The number of hydrogen-bond donors (Lipinski definition) is 1. The fourth-order valence-corrected chi connectivity index (χ4v) is 2.34. The number of nitrogens with two attached hydrogens (primary N) is 1. The topological polar surface area (TPSA) is 26.0 Å². The van der Waals surface area contributed by atoms with Crippen LogP contribution in [-0.4, -0.2) is 0 Å². The van der Waals surface area contributed by atoms with Crippen LogP contribution >= 0.6 is 23.7 Å². The molecular weight excluding hydrogens is 214 g/mol. The van der Waals surface area contributed by atoms with Gasteiger partial charge < -0.3 is 5.73 Å². The van der Waals surface area contributed by atoms with Crippen molar-refractivity contribution in [1.82, 2.24) is 0 Å². The van der Waals surface area contributed by atoms with Gasteiger partial charge in [0.25, 0.3) is 0 Å². The van der Waals surface area contributed by atoms with Gasteiger partial charge in [0.05, 0.1) is 0 Å². The molecule has 0 saturated carbocycles. The second kappa shape index (κ2) is 7.27. The predicted molar refractivity (Wildman–Crippen MR) is 67.2 cm³/mol. The Morgan fingerprint density at radius 3 is 2.43 bits per heavy atom. The van der Waals surface area contributed by atoms with Crippen molar-refractivity contribution in [1.29, 1.82) is 0 Å². The fraction of sp³-hybridized carbons (Fsp3) is 0.636. The molecule has 0 bridgehead atoms. The Kier molecular flexibility index (Phi) is 7.24. The molecule has 2 N–H and O–H groups in total. The molecule has 82 valence electrons. The maximum absolute atomic E-state index is 6.10. The molecule has 1 nitrogen and oxygen atoms in total. The van der Waals surface area contributed by atoms with Crippen LogP contribution in [0.25, 0.3) is 0 Å². The monoisotopic (exact) mass is 233 g/mol. The van der Waals surface area contributed by atoms with Crippen molar-refractivity contribution >= 4 is 23.7 Å². The molecule has 0 aromatic carbocycles. The molecule has 14 heavy (non-hydrogen) atoms. The standard InChI is InChI=1S/C11H19NS.ClH/c1-3-9(4-2)8-10(12)11-6-5-7-13-11;/h5-7,9-10H,3-4,8,12H2,1-2H3;1H. The summed E-state index contributed by atoms with van der Waals surface area (Å²) in [6.45, 7) is 4.49. The first-order valence-electron chi connectivity index (χ1n) is 5.06. The van der Waals surface area contributed by atoms with Crippen LogP contribution in [0, 0.1) is 5.92 Å². The Balaban J connectivity index is 0.00000169. The molecule has 0 aliphatic carbocycles. The third-order valence-electron chi connectivity index (χ3n) is 2.65. The lowest BCUT2D eigenvalue weighted by Gasteiger charge is -2.16. The van der Waals surface area contributed by atoms with E-state index >= 15 is 0 Å². The van der Waals surface area contributed by atoms with Crippen molar-refractivity contribution in [2.75, 3.05) is 0 Å². The number of thiophene rings is 1. The summed E-state index contributed by atoms with van der Waals surface area (Å²) >= 11 is 1.77. The average Bonchev–Trinajstić information content (AvgIpc) is 2.66.